The third-order valence-corrected chi connectivity index (χ3v) is 1.17. The zero-order valence-corrected chi connectivity index (χ0v) is 8.18. The molecule has 1 heterocycles. The number of carbonyl (C=O) groups excluding carboxylic acids is 2. The Morgan fingerprint density at radius 3 is 2.53 bits per heavy atom. The number of imidazole rings is 1. The number of methoxy groups -OCH3 is 1. The molecule has 1 rings (SSSR count). The van der Waals surface area contributed by atoms with Crippen LogP contribution in [0.25, 0.3) is 0 Å². The van der Waals surface area contributed by atoms with E-state index in [1.807, 2.05) is 0 Å². The summed E-state index contributed by atoms with van der Waals surface area (Å²) in [4.78, 5) is 36.1. The molecule has 0 fully saturated rings. The van der Waals surface area contributed by atoms with Crippen LogP contribution < -0.4 is 0 Å². The van der Waals surface area contributed by atoms with Gasteiger partial charge in [-0.3, -0.25) is 9.59 Å². The minimum atomic E-state index is -0.833. The number of carbonyl (C=O) groups is 3. The second-order valence-corrected chi connectivity index (χ2v) is 2.29. The second kappa shape index (κ2) is 6.30. The van der Waals surface area contributed by atoms with Crippen LogP contribution in [0, 0.1) is 0 Å². The average molecular weight is 214 g/mol. The molecule has 0 aliphatic rings. The van der Waals surface area contributed by atoms with E-state index < -0.39 is 11.9 Å². The Kier molecular flexibility index (Phi) is 5.38. The van der Waals surface area contributed by atoms with E-state index in [0.717, 1.165) is 6.92 Å². The van der Waals surface area contributed by atoms with Crippen molar-refractivity contribution in [1.29, 1.82) is 0 Å². The van der Waals surface area contributed by atoms with Crippen LogP contribution in [0.5, 0.6) is 0 Å². The third kappa shape index (κ3) is 4.55. The number of rotatable bonds is 2. The van der Waals surface area contributed by atoms with Crippen molar-refractivity contribution in [2.24, 2.45) is 0 Å². The van der Waals surface area contributed by atoms with Gasteiger partial charge in [-0.25, -0.2) is 9.78 Å². The summed E-state index contributed by atoms with van der Waals surface area (Å²) in [7, 11) is 1.23. The van der Waals surface area contributed by atoms with Crippen molar-refractivity contribution in [3.8, 4) is 0 Å². The number of aliphatic carboxylic acids is 1. The number of hydrogen-bond acceptors (Lipinski definition) is 5. The van der Waals surface area contributed by atoms with Gasteiger partial charge < -0.3 is 14.8 Å². The Bertz CT molecular complexity index is 354. The number of hydrogen-bond donors (Lipinski definition) is 2. The first kappa shape index (κ1) is 12.8. The Morgan fingerprint density at radius 2 is 2.13 bits per heavy atom. The van der Waals surface area contributed by atoms with E-state index in [1.54, 1.807) is 0 Å². The number of carboxylic acids is 1. The molecule has 7 nitrogen and oxygen atoms in total. The van der Waals surface area contributed by atoms with Crippen LogP contribution in [-0.2, 0) is 9.53 Å². The fourth-order valence-electron chi connectivity index (χ4n) is 0.653. The van der Waals surface area contributed by atoms with Gasteiger partial charge in [0.2, 0.25) is 0 Å². The van der Waals surface area contributed by atoms with Gasteiger partial charge in [0.25, 0.3) is 5.97 Å². The molecule has 0 radical (unpaired) electrons. The predicted octanol–water partition coefficient (Wildman–Crippen LogP) is 0.0997. The van der Waals surface area contributed by atoms with Crippen molar-refractivity contribution < 1.29 is 24.2 Å². The van der Waals surface area contributed by atoms with Crippen molar-refractivity contribution >= 4 is 18.2 Å². The van der Waals surface area contributed by atoms with Gasteiger partial charge in [0, 0.05) is 6.92 Å². The van der Waals surface area contributed by atoms with E-state index in [1.165, 1.54) is 13.4 Å². The molecule has 0 bridgehead atoms. The first-order chi connectivity index (χ1) is 7.02. The largest absolute Gasteiger partial charge is 0.481 e. The summed E-state index contributed by atoms with van der Waals surface area (Å²) >= 11 is 0. The maximum atomic E-state index is 10.8. The maximum absolute atomic E-state index is 10.8. The van der Waals surface area contributed by atoms with E-state index in [-0.39, 0.29) is 11.4 Å². The van der Waals surface area contributed by atoms with Crippen molar-refractivity contribution in [2.75, 3.05) is 7.11 Å². The van der Waals surface area contributed by atoms with Gasteiger partial charge >= 0.3 is 5.97 Å². The minimum absolute atomic E-state index is 0.0162. The standard InChI is InChI=1S/C6H6N2O3.C2H4O2/c1-11-6(10)5-4(2-9)7-3-8-5;1-2(3)4/h2-3H,1H3,(H,7,8);1H3,(H,3,4). The van der Waals surface area contributed by atoms with E-state index in [0.29, 0.717) is 6.29 Å². The Hall–Kier alpha value is -2.18. The summed E-state index contributed by atoms with van der Waals surface area (Å²) in [5, 5.41) is 7.42. The Morgan fingerprint density at radius 1 is 1.60 bits per heavy atom. The molecule has 1 aromatic heterocycles. The number of carboxylic acid groups (broad SMARTS) is 1. The summed E-state index contributed by atoms with van der Waals surface area (Å²) in [6.45, 7) is 1.08. The van der Waals surface area contributed by atoms with E-state index >= 15 is 0 Å². The highest BCUT2D eigenvalue weighted by atomic mass is 16.5. The quantitative estimate of drug-likeness (QED) is 0.533. The average Bonchev–Trinajstić information content (AvgIpc) is 2.63. The molecular formula is C8H10N2O5. The number of nitrogens with one attached hydrogen (secondary N) is 1. The third-order valence-electron chi connectivity index (χ3n) is 1.17. The SMILES string of the molecule is CC(=O)O.COC(=O)c1nc[nH]c1C=O. The lowest BCUT2D eigenvalue weighted by molar-refractivity contribution is -0.134. The molecule has 0 atom stereocenters. The molecule has 0 aliphatic carbocycles. The lowest BCUT2D eigenvalue weighted by atomic mass is 10.3. The molecule has 82 valence electrons. The fourth-order valence-corrected chi connectivity index (χ4v) is 0.653. The van der Waals surface area contributed by atoms with Crippen LogP contribution in [0.3, 0.4) is 0 Å². The smallest absolute Gasteiger partial charge is 0.359 e. The summed E-state index contributed by atoms with van der Waals surface area (Å²) in [6, 6.07) is 0. The lowest BCUT2D eigenvalue weighted by Crippen LogP contribution is -2.04. The summed E-state index contributed by atoms with van der Waals surface area (Å²) in [6.07, 6.45) is 1.77. The van der Waals surface area contributed by atoms with Gasteiger partial charge in [0.15, 0.2) is 12.0 Å². The summed E-state index contributed by atoms with van der Waals surface area (Å²) in [5.74, 6) is -1.45. The molecule has 0 aliphatic heterocycles. The lowest BCUT2D eigenvalue weighted by Gasteiger charge is -1.92. The highest BCUT2D eigenvalue weighted by Crippen LogP contribution is 2.00. The fraction of sp³-hybridized carbons (Fsp3) is 0.250. The number of ether oxygens (including phenoxy) is 1. The monoisotopic (exact) mass is 214 g/mol. The van der Waals surface area contributed by atoms with Crippen molar-refractivity contribution in [2.45, 2.75) is 6.92 Å². The van der Waals surface area contributed by atoms with Crippen LogP contribution in [0.15, 0.2) is 6.33 Å². The van der Waals surface area contributed by atoms with Crippen LogP contribution >= 0.6 is 0 Å². The van der Waals surface area contributed by atoms with Crippen LogP contribution in [0.1, 0.15) is 27.9 Å². The normalized spacial score (nSPS) is 8.40. The summed E-state index contributed by atoms with van der Waals surface area (Å²) in [5.41, 5.74) is 0.152. The van der Waals surface area contributed by atoms with Crippen LogP contribution in [-0.4, -0.2) is 40.4 Å². The molecule has 0 amide bonds. The molecule has 7 heteroatoms. The number of aldehydes is 1. The summed E-state index contributed by atoms with van der Waals surface area (Å²) < 4.78 is 4.36. The van der Waals surface area contributed by atoms with E-state index in [9.17, 15) is 9.59 Å². The van der Waals surface area contributed by atoms with Gasteiger partial charge in [-0.2, -0.15) is 0 Å². The van der Waals surface area contributed by atoms with Gasteiger partial charge in [-0.1, -0.05) is 0 Å². The van der Waals surface area contributed by atoms with Gasteiger partial charge in [0.05, 0.1) is 13.4 Å². The molecule has 0 saturated carbocycles. The topological polar surface area (TPSA) is 109 Å². The molecule has 2 N–H and O–H groups in total. The number of aromatic nitrogens is 2. The van der Waals surface area contributed by atoms with Gasteiger partial charge in [0.1, 0.15) is 5.69 Å². The number of nitrogens with zero attached hydrogens (tertiary/aromatic N) is 1. The predicted molar refractivity (Wildman–Crippen MR) is 48.6 cm³/mol. The van der Waals surface area contributed by atoms with Crippen LogP contribution in [0.4, 0.5) is 0 Å². The maximum Gasteiger partial charge on any atom is 0.359 e. The van der Waals surface area contributed by atoms with Gasteiger partial charge in [-0.05, 0) is 0 Å². The molecule has 1 aromatic rings. The zero-order valence-electron chi connectivity index (χ0n) is 8.18. The Balaban J connectivity index is 0.000000423. The number of aromatic amines is 1. The molecular weight excluding hydrogens is 204 g/mol. The van der Waals surface area contributed by atoms with Crippen molar-refractivity contribution in [3.05, 3.63) is 17.7 Å². The molecule has 15 heavy (non-hydrogen) atoms. The van der Waals surface area contributed by atoms with E-state index in [2.05, 4.69) is 14.7 Å². The number of H-pyrrole nitrogens is 1. The van der Waals surface area contributed by atoms with Crippen molar-refractivity contribution in [1.82, 2.24) is 9.97 Å². The van der Waals surface area contributed by atoms with Crippen molar-refractivity contribution in [3.63, 3.8) is 0 Å². The van der Waals surface area contributed by atoms with Gasteiger partial charge in [-0.15, -0.1) is 0 Å². The molecule has 0 spiro atoms. The zero-order chi connectivity index (χ0) is 11.8. The molecule has 0 unspecified atom stereocenters. The molecule has 0 saturated heterocycles. The number of esters is 1. The molecule has 0 aromatic carbocycles. The van der Waals surface area contributed by atoms with Crippen LogP contribution in [0.2, 0.25) is 0 Å². The second-order valence-electron chi connectivity index (χ2n) is 2.29. The highest BCUT2D eigenvalue weighted by Gasteiger charge is 2.13. The minimum Gasteiger partial charge on any atom is -0.481 e. The first-order valence-electron chi connectivity index (χ1n) is 3.79. The first-order valence-corrected chi connectivity index (χ1v) is 3.79. The Labute approximate surface area is 85.1 Å². The van der Waals surface area contributed by atoms with E-state index in [4.69, 9.17) is 9.90 Å². The highest BCUT2D eigenvalue weighted by molar-refractivity contribution is 5.95.